The van der Waals surface area contributed by atoms with Gasteiger partial charge in [0.15, 0.2) is 0 Å². The number of amides is 1. The summed E-state index contributed by atoms with van der Waals surface area (Å²) in [7, 11) is 0. The molecule has 1 aromatic heterocycles. The summed E-state index contributed by atoms with van der Waals surface area (Å²) in [5.41, 5.74) is 2.03. The second-order valence-corrected chi connectivity index (χ2v) is 6.01. The molecule has 0 saturated carbocycles. The van der Waals surface area contributed by atoms with Crippen LogP contribution in [0.25, 0.3) is 11.5 Å². The number of benzene rings is 1. The maximum Gasteiger partial charge on any atom is 0.277 e. The number of hydrogen-bond donors (Lipinski definition) is 1. The van der Waals surface area contributed by atoms with Gasteiger partial charge in [-0.15, -0.1) is 10.2 Å². The highest BCUT2D eigenvalue weighted by Gasteiger charge is 2.11. The molecule has 0 fully saturated rings. The van der Waals surface area contributed by atoms with Crippen molar-refractivity contribution in [3.8, 4) is 11.5 Å². The molecule has 22 heavy (non-hydrogen) atoms. The van der Waals surface area contributed by atoms with Gasteiger partial charge in [0, 0.05) is 12.1 Å². The Morgan fingerprint density at radius 3 is 2.95 bits per heavy atom. The minimum Gasteiger partial charge on any atom is -0.411 e. The Labute approximate surface area is 134 Å². The number of aromatic nitrogens is 2. The predicted molar refractivity (Wildman–Crippen MR) is 87.7 cm³/mol. The van der Waals surface area contributed by atoms with Crippen molar-refractivity contribution in [3.63, 3.8) is 0 Å². The van der Waals surface area contributed by atoms with E-state index in [0.29, 0.717) is 16.9 Å². The molecule has 0 atom stereocenters. The fourth-order valence-corrected chi connectivity index (χ4v) is 2.54. The summed E-state index contributed by atoms with van der Waals surface area (Å²) in [6, 6.07) is 7.88. The fraction of sp³-hybridized carbons (Fsp3) is 0.438. The van der Waals surface area contributed by atoms with E-state index in [9.17, 15) is 4.79 Å². The Bertz CT molecular complexity index is 613. The van der Waals surface area contributed by atoms with Gasteiger partial charge in [0.1, 0.15) is 0 Å². The van der Waals surface area contributed by atoms with E-state index in [4.69, 9.17) is 4.42 Å². The summed E-state index contributed by atoms with van der Waals surface area (Å²) in [6.07, 6.45) is 3.30. The average molecular weight is 319 g/mol. The van der Waals surface area contributed by atoms with Gasteiger partial charge in [-0.3, -0.25) is 4.79 Å². The third-order valence-electron chi connectivity index (χ3n) is 3.10. The van der Waals surface area contributed by atoms with Crippen molar-refractivity contribution in [1.29, 1.82) is 0 Å². The number of carbonyl (C=O) groups excluding carboxylic acids is 1. The van der Waals surface area contributed by atoms with E-state index in [1.807, 2.05) is 31.2 Å². The van der Waals surface area contributed by atoms with Crippen molar-refractivity contribution < 1.29 is 9.21 Å². The molecule has 118 valence electrons. The molecule has 0 aliphatic carbocycles. The van der Waals surface area contributed by atoms with E-state index in [-0.39, 0.29) is 5.91 Å². The summed E-state index contributed by atoms with van der Waals surface area (Å²) in [6.45, 7) is 4.88. The van der Waals surface area contributed by atoms with Crippen LogP contribution in [0.2, 0.25) is 0 Å². The molecule has 0 aliphatic heterocycles. The van der Waals surface area contributed by atoms with Gasteiger partial charge in [-0.2, -0.15) is 0 Å². The number of aryl methyl sites for hydroxylation is 1. The maximum atomic E-state index is 11.7. The molecule has 0 saturated heterocycles. The normalized spacial score (nSPS) is 10.6. The lowest BCUT2D eigenvalue weighted by Gasteiger charge is -2.02. The average Bonchev–Trinajstić information content (AvgIpc) is 2.98. The molecule has 6 heteroatoms. The quantitative estimate of drug-likeness (QED) is 0.596. The van der Waals surface area contributed by atoms with Gasteiger partial charge < -0.3 is 9.73 Å². The molecule has 0 bridgehead atoms. The van der Waals surface area contributed by atoms with Crippen LogP contribution in [0, 0.1) is 6.92 Å². The Balaban J connectivity index is 1.81. The van der Waals surface area contributed by atoms with Crippen LogP contribution in [0.4, 0.5) is 0 Å². The summed E-state index contributed by atoms with van der Waals surface area (Å²) in [5.74, 6) is 0.771. The first-order chi connectivity index (χ1) is 10.7. The highest BCUT2D eigenvalue weighted by atomic mass is 32.2. The van der Waals surface area contributed by atoms with E-state index in [0.717, 1.165) is 36.9 Å². The van der Waals surface area contributed by atoms with Gasteiger partial charge in [-0.05, 0) is 25.5 Å². The lowest BCUT2D eigenvalue weighted by molar-refractivity contribution is -0.118. The van der Waals surface area contributed by atoms with E-state index >= 15 is 0 Å². The zero-order valence-electron chi connectivity index (χ0n) is 13.0. The Hall–Kier alpha value is -1.82. The molecule has 2 rings (SSSR count). The van der Waals surface area contributed by atoms with Crippen LogP contribution in [0.5, 0.6) is 0 Å². The van der Waals surface area contributed by atoms with Crippen LogP contribution in [0.15, 0.2) is 33.9 Å². The van der Waals surface area contributed by atoms with Crippen molar-refractivity contribution in [3.05, 3.63) is 29.8 Å². The molecular weight excluding hydrogens is 298 g/mol. The molecule has 0 aliphatic rings. The second-order valence-electron chi connectivity index (χ2n) is 5.09. The highest BCUT2D eigenvalue weighted by Crippen LogP contribution is 2.23. The van der Waals surface area contributed by atoms with Gasteiger partial charge in [0.05, 0.1) is 5.75 Å². The number of unbranched alkanes of at least 4 members (excludes halogenated alkanes) is 2. The van der Waals surface area contributed by atoms with Crippen LogP contribution < -0.4 is 5.32 Å². The number of carbonyl (C=O) groups is 1. The molecule has 1 heterocycles. The standard InChI is InChI=1S/C16H21N3O2S/c1-3-4-5-9-17-14(20)11-22-16-19-18-15(21-16)13-8-6-7-12(2)10-13/h6-8,10H,3-5,9,11H2,1-2H3,(H,17,20). The largest absolute Gasteiger partial charge is 0.411 e. The lowest BCUT2D eigenvalue weighted by atomic mass is 10.1. The van der Waals surface area contributed by atoms with Gasteiger partial charge >= 0.3 is 0 Å². The maximum absolute atomic E-state index is 11.7. The first kappa shape index (κ1) is 16.5. The van der Waals surface area contributed by atoms with Gasteiger partial charge in [0.2, 0.25) is 11.8 Å². The van der Waals surface area contributed by atoms with Crippen molar-refractivity contribution in [1.82, 2.24) is 15.5 Å². The Kier molecular flexibility index (Phi) is 6.45. The smallest absolute Gasteiger partial charge is 0.277 e. The fourth-order valence-electron chi connectivity index (χ4n) is 1.94. The number of thioether (sulfide) groups is 1. The molecule has 0 radical (unpaired) electrons. The van der Waals surface area contributed by atoms with Gasteiger partial charge in [-0.25, -0.2) is 0 Å². The van der Waals surface area contributed by atoms with E-state index in [1.165, 1.54) is 11.8 Å². The number of rotatable bonds is 8. The Morgan fingerprint density at radius 1 is 1.32 bits per heavy atom. The number of nitrogens with zero attached hydrogens (tertiary/aromatic N) is 2. The molecule has 1 aromatic carbocycles. The summed E-state index contributed by atoms with van der Waals surface area (Å²) >= 11 is 1.26. The minimum atomic E-state index is -0.00333. The molecule has 1 amide bonds. The minimum absolute atomic E-state index is 0.00333. The van der Waals surface area contributed by atoms with Gasteiger partial charge in [-0.1, -0.05) is 49.2 Å². The number of hydrogen-bond acceptors (Lipinski definition) is 5. The lowest BCUT2D eigenvalue weighted by Crippen LogP contribution is -2.26. The summed E-state index contributed by atoms with van der Waals surface area (Å²) < 4.78 is 5.58. The molecular formula is C16H21N3O2S. The SMILES string of the molecule is CCCCCNC(=O)CSc1nnc(-c2cccc(C)c2)o1. The topological polar surface area (TPSA) is 68.0 Å². The zero-order valence-corrected chi connectivity index (χ0v) is 13.8. The van der Waals surface area contributed by atoms with Crippen LogP contribution >= 0.6 is 11.8 Å². The summed E-state index contributed by atoms with van der Waals surface area (Å²) in [4.78, 5) is 11.7. The third-order valence-corrected chi connectivity index (χ3v) is 3.92. The van der Waals surface area contributed by atoms with E-state index < -0.39 is 0 Å². The van der Waals surface area contributed by atoms with Crippen LogP contribution in [0.1, 0.15) is 31.7 Å². The highest BCUT2D eigenvalue weighted by molar-refractivity contribution is 7.99. The predicted octanol–water partition coefficient (Wildman–Crippen LogP) is 3.44. The van der Waals surface area contributed by atoms with E-state index in [1.54, 1.807) is 0 Å². The van der Waals surface area contributed by atoms with Gasteiger partial charge in [0.25, 0.3) is 5.22 Å². The third kappa shape index (κ3) is 5.18. The molecule has 0 spiro atoms. The van der Waals surface area contributed by atoms with Crippen molar-refractivity contribution in [2.45, 2.75) is 38.3 Å². The van der Waals surface area contributed by atoms with E-state index in [2.05, 4.69) is 22.4 Å². The first-order valence-electron chi connectivity index (χ1n) is 7.49. The van der Waals surface area contributed by atoms with Crippen LogP contribution in [0.3, 0.4) is 0 Å². The monoisotopic (exact) mass is 319 g/mol. The van der Waals surface area contributed by atoms with Crippen LogP contribution in [-0.4, -0.2) is 28.4 Å². The number of nitrogens with one attached hydrogen (secondary N) is 1. The Morgan fingerprint density at radius 2 is 2.18 bits per heavy atom. The van der Waals surface area contributed by atoms with Crippen molar-refractivity contribution >= 4 is 17.7 Å². The molecule has 2 aromatic rings. The molecule has 5 nitrogen and oxygen atoms in total. The first-order valence-corrected chi connectivity index (χ1v) is 8.47. The second kappa shape index (κ2) is 8.58. The summed E-state index contributed by atoms with van der Waals surface area (Å²) in [5, 5.41) is 11.3. The molecule has 0 unspecified atom stereocenters. The zero-order chi connectivity index (χ0) is 15.8. The van der Waals surface area contributed by atoms with Crippen molar-refractivity contribution in [2.24, 2.45) is 0 Å². The van der Waals surface area contributed by atoms with Crippen molar-refractivity contribution in [2.75, 3.05) is 12.3 Å². The molecule has 1 N–H and O–H groups in total. The van der Waals surface area contributed by atoms with Crippen LogP contribution in [-0.2, 0) is 4.79 Å².